The van der Waals surface area contributed by atoms with Gasteiger partial charge in [-0.15, -0.1) is 0 Å². The van der Waals surface area contributed by atoms with E-state index in [0.29, 0.717) is 12.1 Å². The molecule has 0 saturated heterocycles. The van der Waals surface area contributed by atoms with Crippen LogP contribution in [0.1, 0.15) is 20.7 Å². The van der Waals surface area contributed by atoms with Crippen LogP contribution in [0.3, 0.4) is 0 Å². The second-order valence-electron chi connectivity index (χ2n) is 2.48. The van der Waals surface area contributed by atoms with Crippen LogP contribution in [0.25, 0.3) is 0 Å². The predicted molar refractivity (Wildman–Crippen MR) is 41.8 cm³/mol. The van der Waals surface area contributed by atoms with Gasteiger partial charge < -0.3 is 10.8 Å². The average molecular weight is 201 g/mol. The summed E-state index contributed by atoms with van der Waals surface area (Å²) in [6.45, 7) is 0. The summed E-state index contributed by atoms with van der Waals surface area (Å²) in [5.41, 5.74) is 3.56. The van der Waals surface area contributed by atoms with E-state index in [1.54, 1.807) is 0 Å². The third-order valence-corrected chi connectivity index (χ3v) is 1.56. The maximum Gasteiger partial charge on any atom is 0.336 e. The maximum atomic E-state index is 12.6. The summed E-state index contributed by atoms with van der Waals surface area (Å²) in [5, 5.41) is 8.53. The molecular formula is C8H5F2NO3. The summed E-state index contributed by atoms with van der Waals surface area (Å²) in [7, 11) is 0. The van der Waals surface area contributed by atoms with Gasteiger partial charge in [-0.2, -0.15) is 0 Å². The van der Waals surface area contributed by atoms with E-state index in [4.69, 9.17) is 10.8 Å². The molecule has 0 heterocycles. The van der Waals surface area contributed by atoms with Crippen LogP contribution in [0.2, 0.25) is 0 Å². The molecule has 0 aliphatic heterocycles. The molecule has 0 aliphatic rings. The van der Waals surface area contributed by atoms with Gasteiger partial charge in [-0.05, 0) is 12.1 Å². The Hall–Kier alpha value is -1.98. The van der Waals surface area contributed by atoms with Crippen LogP contribution in [-0.4, -0.2) is 17.0 Å². The molecule has 0 atom stereocenters. The van der Waals surface area contributed by atoms with Crippen LogP contribution in [-0.2, 0) is 0 Å². The van der Waals surface area contributed by atoms with Crippen LogP contribution in [0.5, 0.6) is 0 Å². The van der Waals surface area contributed by atoms with Crippen molar-refractivity contribution in [3.05, 3.63) is 34.9 Å². The number of carbonyl (C=O) groups excluding carboxylic acids is 1. The molecule has 0 radical (unpaired) electrons. The van der Waals surface area contributed by atoms with Gasteiger partial charge in [0.15, 0.2) is 11.6 Å². The number of amides is 1. The van der Waals surface area contributed by atoms with Gasteiger partial charge in [-0.3, -0.25) is 4.79 Å². The molecule has 1 rings (SSSR count). The van der Waals surface area contributed by atoms with Crippen molar-refractivity contribution >= 4 is 11.9 Å². The second kappa shape index (κ2) is 3.41. The van der Waals surface area contributed by atoms with E-state index in [1.165, 1.54) is 0 Å². The zero-order valence-corrected chi connectivity index (χ0v) is 6.75. The van der Waals surface area contributed by atoms with Crippen molar-refractivity contribution in [3.8, 4) is 0 Å². The lowest BCUT2D eigenvalue weighted by molar-refractivity contribution is 0.0691. The van der Waals surface area contributed by atoms with Crippen molar-refractivity contribution in [2.24, 2.45) is 5.73 Å². The number of carbonyl (C=O) groups is 2. The first-order valence-electron chi connectivity index (χ1n) is 3.45. The molecule has 6 heteroatoms. The first kappa shape index (κ1) is 10.1. The highest BCUT2D eigenvalue weighted by atomic mass is 19.2. The minimum Gasteiger partial charge on any atom is -0.478 e. The van der Waals surface area contributed by atoms with E-state index in [9.17, 15) is 18.4 Å². The summed E-state index contributed by atoms with van der Waals surface area (Å²) < 4.78 is 25.2. The molecule has 0 aliphatic carbocycles. The smallest absolute Gasteiger partial charge is 0.336 e. The number of rotatable bonds is 2. The largest absolute Gasteiger partial charge is 0.478 e. The zero-order valence-electron chi connectivity index (χ0n) is 6.75. The zero-order chi connectivity index (χ0) is 10.9. The third kappa shape index (κ3) is 1.68. The Kier molecular flexibility index (Phi) is 2.46. The molecule has 1 aromatic carbocycles. The molecule has 1 aromatic rings. The number of carboxylic acids is 1. The molecule has 0 spiro atoms. The average Bonchev–Trinajstić information content (AvgIpc) is 2.08. The lowest BCUT2D eigenvalue weighted by Crippen LogP contribution is -2.17. The van der Waals surface area contributed by atoms with Gasteiger partial charge in [0.1, 0.15) is 0 Å². The van der Waals surface area contributed by atoms with Gasteiger partial charge in [0.25, 0.3) is 0 Å². The number of hydrogen-bond acceptors (Lipinski definition) is 2. The Balaban J connectivity index is 3.46. The molecule has 0 unspecified atom stereocenters. The van der Waals surface area contributed by atoms with E-state index >= 15 is 0 Å². The van der Waals surface area contributed by atoms with Gasteiger partial charge in [0.05, 0.1) is 11.1 Å². The first-order valence-corrected chi connectivity index (χ1v) is 3.45. The van der Waals surface area contributed by atoms with Crippen LogP contribution >= 0.6 is 0 Å². The normalized spacial score (nSPS) is 9.86. The maximum absolute atomic E-state index is 12.6. The lowest BCUT2D eigenvalue weighted by Gasteiger charge is -2.02. The summed E-state index contributed by atoms with van der Waals surface area (Å²) >= 11 is 0. The highest BCUT2D eigenvalue weighted by Crippen LogP contribution is 2.14. The number of aromatic carboxylic acids is 1. The number of primary amides is 1. The number of halogens is 2. The van der Waals surface area contributed by atoms with E-state index in [0.717, 1.165) is 0 Å². The topological polar surface area (TPSA) is 80.4 Å². The minimum atomic E-state index is -1.54. The molecule has 0 aromatic heterocycles. The summed E-state index contributed by atoms with van der Waals surface area (Å²) in [6.07, 6.45) is 0. The van der Waals surface area contributed by atoms with Crippen LogP contribution in [0, 0.1) is 11.6 Å². The fraction of sp³-hybridized carbons (Fsp3) is 0. The SMILES string of the molecule is NC(=O)c1cc(F)c(F)cc1C(=O)O. The molecule has 3 N–H and O–H groups in total. The van der Waals surface area contributed by atoms with Crippen molar-refractivity contribution in [2.75, 3.05) is 0 Å². The van der Waals surface area contributed by atoms with Crippen molar-refractivity contribution in [2.45, 2.75) is 0 Å². The van der Waals surface area contributed by atoms with Crippen LogP contribution in [0.15, 0.2) is 12.1 Å². The molecule has 4 nitrogen and oxygen atoms in total. The Morgan fingerprint density at radius 3 is 1.93 bits per heavy atom. The number of hydrogen-bond donors (Lipinski definition) is 2. The number of benzene rings is 1. The van der Waals surface area contributed by atoms with Gasteiger partial charge in [-0.1, -0.05) is 0 Å². The standard InChI is InChI=1S/C8H5F2NO3/c9-5-1-3(7(11)12)4(8(13)14)2-6(5)10/h1-2H,(H2,11,12)(H,13,14). The van der Waals surface area contributed by atoms with Gasteiger partial charge in [-0.25, -0.2) is 13.6 Å². The second-order valence-corrected chi connectivity index (χ2v) is 2.48. The Morgan fingerprint density at radius 2 is 1.57 bits per heavy atom. The Labute approximate surface area is 76.9 Å². The molecule has 74 valence electrons. The molecular weight excluding hydrogens is 196 g/mol. The fourth-order valence-electron chi connectivity index (χ4n) is 0.928. The number of carboxylic acid groups (broad SMARTS) is 1. The van der Waals surface area contributed by atoms with E-state index in [1.807, 2.05) is 0 Å². The minimum absolute atomic E-state index is 0.414. The summed E-state index contributed by atoms with van der Waals surface area (Å²) in [4.78, 5) is 21.2. The first-order chi connectivity index (χ1) is 6.43. The highest BCUT2D eigenvalue weighted by Gasteiger charge is 2.18. The molecule has 0 bridgehead atoms. The quantitative estimate of drug-likeness (QED) is 0.741. The van der Waals surface area contributed by atoms with E-state index < -0.39 is 34.6 Å². The summed E-state index contributed by atoms with van der Waals surface area (Å²) in [5.74, 6) is -5.32. The van der Waals surface area contributed by atoms with Crippen molar-refractivity contribution in [3.63, 3.8) is 0 Å². The third-order valence-electron chi connectivity index (χ3n) is 1.56. The van der Waals surface area contributed by atoms with E-state index in [2.05, 4.69) is 0 Å². The fourth-order valence-corrected chi connectivity index (χ4v) is 0.928. The lowest BCUT2D eigenvalue weighted by atomic mass is 10.1. The Morgan fingerprint density at radius 1 is 1.14 bits per heavy atom. The van der Waals surface area contributed by atoms with Crippen LogP contribution in [0.4, 0.5) is 8.78 Å². The molecule has 0 saturated carbocycles. The van der Waals surface area contributed by atoms with Gasteiger partial charge >= 0.3 is 5.97 Å². The Bertz CT molecular complexity index is 378. The predicted octanol–water partition coefficient (Wildman–Crippen LogP) is 0.762. The van der Waals surface area contributed by atoms with E-state index in [-0.39, 0.29) is 0 Å². The van der Waals surface area contributed by atoms with Crippen molar-refractivity contribution in [1.82, 2.24) is 0 Å². The number of nitrogens with two attached hydrogens (primary N) is 1. The van der Waals surface area contributed by atoms with Crippen molar-refractivity contribution in [1.29, 1.82) is 0 Å². The van der Waals surface area contributed by atoms with Crippen LogP contribution < -0.4 is 5.73 Å². The van der Waals surface area contributed by atoms with Gasteiger partial charge in [0, 0.05) is 0 Å². The van der Waals surface area contributed by atoms with Crippen molar-refractivity contribution < 1.29 is 23.5 Å². The molecule has 1 amide bonds. The van der Waals surface area contributed by atoms with Gasteiger partial charge in [0.2, 0.25) is 5.91 Å². The summed E-state index contributed by atoms with van der Waals surface area (Å²) in [6, 6.07) is 0.874. The highest BCUT2D eigenvalue weighted by molar-refractivity contribution is 6.04. The molecule has 0 fully saturated rings. The monoisotopic (exact) mass is 201 g/mol. The molecule has 14 heavy (non-hydrogen) atoms.